The molecule has 3 rings (SSSR count). The van der Waals surface area contributed by atoms with Gasteiger partial charge in [0, 0.05) is 0 Å². The average molecular weight is 531 g/mol. The van der Waals surface area contributed by atoms with Gasteiger partial charge in [-0.15, -0.1) is 24.8 Å². The van der Waals surface area contributed by atoms with Gasteiger partial charge in [0.05, 0.1) is 0 Å². The number of hydrogen-bond acceptors (Lipinski definition) is 0. The van der Waals surface area contributed by atoms with Crippen LogP contribution in [0, 0.1) is 5.92 Å². The predicted octanol–water partition coefficient (Wildman–Crippen LogP) is 6.80. The van der Waals surface area contributed by atoms with E-state index in [9.17, 15) is 0 Å². The Morgan fingerprint density at radius 2 is 1.58 bits per heavy atom. The van der Waals surface area contributed by atoms with Crippen LogP contribution in [-0.2, 0) is 15.7 Å². The summed E-state index contributed by atoms with van der Waals surface area (Å²) in [6, 6.07) is 11.0. The topological polar surface area (TPSA) is 0 Å². The van der Waals surface area contributed by atoms with Gasteiger partial charge in [-0.2, -0.15) is 0 Å². The first-order valence-electron chi connectivity index (χ1n) is 9.04. The zero-order valence-corrected chi connectivity index (χ0v) is 23.9. The minimum absolute atomic E-state index is 0. The van der Waals surface area contributed by atoms with Crippen molar-refractivity contribution in [1.82, 2.24) is 0 Å². The molecule has 0 aromatic heterocycles. The maximum absolute atomic E-state index is 3.01. The molecule has 1 aromatic carbocycles. The van der Waals surface area contributed by atoms with Crippen molar-refractivity contribution in [3.8, 4) is 0 Å². The van der Waals surface area contributed by atoms with Crippen LogP contribution in [0.3, 0.4) is 0 Å². The van der Waals surface area contributed by atoms with Crippen LogP contribution in [0.1, 0.15) is 39.7 Å². The van der Waals surface area contributed by atoms with E-state index in [1.807, 2.05) is 6.56 Å². The molecule has 0 bridgehead atoms. The third-order valence-corrected chi connectivity index (χ3v) is 28.6. The molecule has 1 unspecified atom stereocenters. The Balaban J connectivity index is 0.00000169. The molecule has 0 saturated carbocycles. The first-order chi connectivity index (χ1) is 11.1. The van der Waals surface area contributed by atoms with Crippen LogP contribution in [0.15, 0.2) is 65.8 Å². The van der Waals surface area contributed by atoms with E-state index >= 15 is 0 Å². The molecule has 2 aliphatic carbocycles. The van der Waals surface area contributed by atoms with E-state index in [0.29, 0.717) is 5.92 Å². The average Bonchev–Trinajstić information content (AvgIpc) is 3.01. The van der Waals surface area contributed by atoms with Gasteiger partial charge in [0.1, 0.15) is 0 Å². The quantitative estimate of drug-likeness (QED) is 0.377. The second-order valence-electron chi connectivity index (χ2n) is 8.74. The van der Waals surface area contributed by atoms with Crippen LogP contribution in [0.4, 0.5) is 0 Å². The summed E-state index contributed by atoms with van der Waals surface area (Å²) in [7, 11) is 0. The van der Waals surface area contributed by atoms with E-state index < -0.39 is 15.7 Å². The molecule has 1 atom stereocenters. The normalized spacial score (nSPS) is 20.5. The Morgan fingerprint density at radius 3 is 2.08 bits per heavy atom. The van der Waals surface area contributed by atoms with Gasteiger partial charge in [-0.1, -0.05) is 0 Å². The van der Waals surface area contributed by atoms with E-state index in [1.165, 1.54) is 35.3 Å². The van der Waals surface area contributed by atoms with Crippen molar-refractivity contribution in [1.29, 1.82) is 0 Å². The summed E-state index contributed by atoms with van der Waals surface area (Å²) < 4.78 is 9.08. The molecule has 4 heteroatoms. The SMILES string of the molecule is CC1=CC(C)[C]([Zr]([CH3])([CH3])(=[GeH2])[C]2=C(C)C=C(c3ccccc3)C2)=C1C.Cl.Cl. The van der Waals surface area contributed by atoms with E-state index in [2.05, 4.69) is 79.4 Å². The molecular weight excluding hydrogens is 499 g/mol. The molecular formula is C22H32Cl2GeZr. The van der Waals surface area contributed by atoms with Crippen molar-refractivity contribution >= 4 is 42.5 Å². The van der Waals surface area contributed by atoms with Crippen LogP contribution in [-0.4, -0.2) is 12.1 Å². The van der Waals surface area contributed by atoms with Gasteiger partial charge in [-0.05, 0) is 0 Å². The zero-order chi connectivity index (χ0) is 17.7. The van der Waals surface area contributed by atoms with Crippen LogP contribution < -0.4 is 0 Å². The fourth-order valence-corrected chi connectivity index (χ4v) is 30.6. The minimum atomic E-state index is -3.01. The van der Waals surface area contributed by atoms with Gasteiger partial charge < -0.3 is 0 Å². The summed E-state index contributed by atoms with van der Waals surface area (Å²) >= 11 is -1.55. The van der Waals surface area contributed by atoms with Crippen molar-refractivity contribution in [2.75, 3.05) is 0 Å². The first-order valence-corrected chi connectivity index (χ1v) is 26.9. The third kappa shape index (κ3) is 4.12. The summed E-state index contributed by atoms with van der Waals surface area (Å²) in [6.07, 6.45) is 6.14. The molecule has 2 aliphatic rings. The van der Waals surface area contributed by atoms with E-state index in [-0.39, 0.29) is 24.8 Å². The van der Waals surface area contributed by atoms with Crippen LogP contribution in [0.5, 0.6) is 0 Å². The number of benzene rings is 1. The van der Waals surface area contributed by atoms with Gasteiger partial charge >= 0.3 is 154 Å². The predicted molar refractivity (Wildman–Crippen MR) is 122 cm³/mol. The monoisotopic (exact) mass is 530 g/mol. The Kier molecular flexibility index (Phi) is 7.71. The second kappa shape index (κ2) is 8.28. The van der Waals surface area contributed by atoms with Gasteiger partial charge in [-0.25, -0.2) is 0 Å². The van der Waals surface area contributed by atoms with E-state index in [1.54, 1.807) is 11.1 Å². The summed E-state index contributed by atoms with van der Waals surface area (Å²) in [4.78, 5) is 0. The van der Waals surface area contributed by atoms with Gasteiger partial charge in [0.25, 0.3) is 0 Å². The van der Waals surface area contributed by atoms with Gasteiger partial charge in [0.15, 0.2) is 0 Å². The molecule has 0 amide bonds. The number of halogens is 2. The zero-order valence-electron chi connectivity index (χ0n) is 16.8. The molecule has 1 aromatic rings. The molecule has 0 saturated heterocycles. The van der Waals surface area contributed by atoms with Crippen molar-refractivity contribution in [2.45, 2.75) is 43.4 Å². The molecule has 0 fully saturated rings. The Morgan fingerprint density at radius 1 is 1.00 bits per heavy atom. The smallest absolute Gasteiger partial charge is 0.147 e. The number of allylic oxidation sites excluding steroid dienone is 8. The third-order valence-electron chi connectivity index (χ3n) is 6.16. The van der Waals surface area contributed by atoms with Crippen LogP contribution in [0.25, 0.3) is 5.57 Å². The Hall–Kier alpha value is 0.186. The summed E-state index contributed by atoms with van der Waals surface area (Å²) in [5, 5.41) is 0. The van der Waals surface area contributed by atoms with Crippen molar-refractivity contribution in [3.05, 3.63) is 71.3 Å². The molecule has 0 radical (unpaired) electrons. The van der Waals surface area contributed by atoms with Gasteiger partial charge in [-0.3, -0.25) is 0 Å². The van der Waals surface area contributed by atoms with Crippen molar-refractivity contribution < 1.29 is 15.7 Å². The number of rotatable bonds is 3. The van der Waals surface area contributed by atoms with Crippen molar-refractivity contribution in [2.24, 2.45) is 5.92 Å². The fourth-order valence-electron chi connectivity index (χ4n) is 5.11. The largest absolute Gasteiger partial charge is 0.147 e. The van der Waals surface area contributed by atoms with E-state index in [0.717, 1.165) is 0 Å². The second-order valence-corrected chi connectivity index (χ2v) is 51.1. The molecule has 0 spiro atoms. The van der Waals surface area contributed by atoms with Crippen LogP contribution in [0.2, 0.25) is 9.26 Å². The minimum Gasteiger partial charge on any atom is -0.147 e. The molecule has 0 nitrogen and oxygen atoms in total. The van der Waals surface area contributed by atoms with Crippen LogP contribution >= 0.6 is 24.8 Å². The first kappa shape index (κ1) is 24.2. The maximum atomic E-state index is 2.70. The molecule has 0 N–H and O–H groups in total. The van der Waals surface area contributed by atoms with Crippen molar-refractivity contribution in [3.63, 3.8) is 0 Å². The van der Waals surface area contributed by atoms with Gasteiger partial charge in [0.2, 0.25) is 0 Å². The molecule has 26 heavy (non-hydrogen) atoms. The Labute approximate surface area is 177 Å². The van der Waals surface area contributed by atoms with E-state index in [4.69, 9.17) is 0 Å². The Bertz CT molecular complexity index is 895. The standard InChI is InChI=1S/C12H11.C8H11.2CH3.2ClH.GeH2.Zr/c1-10-7-8-12(9-10)11-5-3-2-4-6-11;1-6-4-7(2)8(3)5-6;;;;;;/h2-6,9H,8H2,1H3;4,6H,1-3H3;2*1H3;2*1H;1H2;. The molecule has 142 valence electrons. The summed E-state index contributed by atoms with van der Waals surface area (Å²) in [5.41, 5.74) is 7.61. The maximum Gasteiger partial charge on any atom is -0.147 e. The molecule has 0 heterocycles. The summed E-state index contributed by atoms with van der Waals surface area (Å²) in [5.74, 6) is 0.639. The molecule has 0 aliphatic heterocycles. The fraction of sp³-hybridized carbons (Fsp3) is 0.364. The number of hydrogen-bond donors (Lipinski definition) is 0. The summed E-state index contributed by atoms with van der Waals surface area (Å²) in [6.45, 7) is 9.45.